The van der Waals surface area contributed by atoms with E-state index in [0.717, 1.165) is 25.7 Å². The van der Waals surface area contributed by atoms with Crippen molar-refractivity contribution in [2.24, 2.45) is 5.92 Å². The van der Waals surface area contributed by atoms with Gasteiger partial charge in [-0.05, 0) is 49.2 Å². The molecule has 1 nitrogen and oxygen atoms in total. The first kappa shape index (κ1) is 15.3. The highest BCUT2D eigenvalue weighted by Crippen LogP contribution is 2.49. The smallest absolute Gasteiger partial charge is 0.115 e. The van der Waals surface area contributed by atoms with Gasteiger partial charge < -0.3 is 4.74 Å². The van der Waals surface area contributed by atoms with Gasteiger partial charge in [-0.2, -0.15) is 12.6 Å². The summed E-state index contributed by atoms with van der Waals surface area (Å²) < 4.78 is 6.83. The third-order valence-electron chi connectivity index (χ3n) is 5.51. The van der Waals surface area contributed by atoms with Crippen molar-refractivity contribution in [2.45, 2.75) is 49.1 Å². The predicted octanol–water partition coefficient (Wildman–Crippen LogP) is 5.21. The summed E-state index contributed by atoms with van der Waals surface area (Å²) in [5.74, 6) is 0.610. The number of allylic oxidation sites excluding steroid dienone is 3. The molecule has 0 bridgehead atoms. The summed E-state index contributed by atoms with van der Waals surface area (Å²) in [6, 6.07) is 10.8. The Kier molecular flexibility index (Phi) is 4.21. The van der Waals surface area contributed by atoms with Gasteiger partial charge >= 0.3 is 0 Å². The Morgan fingerprint density at radius 1 is 1.13 bits per heavy atom. The number of ether oxygens (including phenoxy) is 1. The Balaban J connectivity index is 1.74. The lowest BCUT2D eigenvalue weighted by atomic mass is 9.72. The highest BCUT2D eigenvalue weighted by Gasteiger charge is 2.45. The third kappa shape index (κ3) is 2.83. The first-order valence-electron chi connectivity index (χ1n) is 8.74. The van der Waals surface area contributed by atoms with Gasteiger partial charge in [-0.3, -0.25) is 0 Å². The molecule has 0 N–H and O–H groups in total. The standard InChI is InChI=1S/C21H24OS/c23-19-11-12-20-16(15-19)13-14-21(22-20,17-7-3-1-4-8-17)18-9-5-2-6-10-18/h1-5,7-9,11-12,16,19-20,23H,6,10,13-15H2/t16?,19-,20+,21?/m0/s1. The van der Waals surface area contributed by atoms with E-state index in [4.69, 9.17) is 4.74 Å². The van der Waals surface area contributed by atoms with Crippen LogP contribution in [0.3, 0.4) is 0 Å². The maximum Gasteiger partial charge on any atom is 0.115 e. The number of fused-ring (bicyclic) bond motifs is 1. The Morgan fingerprint density at radius 2 is 2.00 bits per heavy atom. The van der Waals surface area contributed by atoms with Crippen LogP contribution < -0.4 is 0 Å². The zero-order valence-electron chi connectivity index (χ0n) is 13.4. The molecule has 0 radical (unpaired) electrons. The predicted molar refractivity (Wildman–Crippen MR) is 98.7 cm³/mol. The SMILES string of the molecule is S[C@H]1C=C[C@H]2OC(C3=CC=CCC3)(c3ccccc3)CCC2C1. The van der Waals surface area contributed by atoms with Crippen molar-refractivity contribution in [1.29, 1.82) is 0 Å². The number of benzene rings is 1. The van der Waals surface area contributed by atoms with Gasteiger partial charge in [-0.15, -0.1) is 0 Å². The molecular weight excluding hydrogens is 300 g/mol. The minimum Gasteiger partial charge on any atom is -0.358 e. The van der Waals surface area contributed by atoms with E-state index in [1.165, 1.54) is 17.6 Å². The minimum atomic E-state index is -0.249. The molecule has 120 valence electrons. The van der Waals surface area contributed by atoms with Crippen LogP contribution in [0.2, 0.25) is 0 Å². The van der Waals surface area contributed by atoms with Crippen LogP contribution in [0, 0.1) is 5.92 Å². The average molecular weight is 324 g/mol. The Labute approximate surface area is 144 Å². The van der Waals surface area contributed by atoms with Gasteiger partial charge in [0.1, 0.15) is 5.60 Å². The normalized spacial score (nSPS) is 36.4. The van der Waals surface area contributed by atoms with Crippen LogP contribution in [0.4, 0.5) is 0 Å². The van der Waals surface area contributed by atoms with Crippen molar-refractivity contribution >= 4 is 12.6 Å². The van der Waals surface area contributed by atoms with Gasteiger partial charge in [0.15, 0.2) is 0 Å². The number of hydrogen-bond acceptors (Lipinski definition) is 2. The molecule has 3 aliphatic rings. The lowest BCUT2D eigenvalue weighted by Gasteiger charge is -2.48. The molecule has 0 spiro atoms. The first-order chi connectivity index (χ1) is 11.3. The van der Waals surface area contributed by atoms with Crippen molar-refractivity contribution in [3.63, 3.8) is 0 Å². The number of thiol groups is 1. The molecule has 23 heavy (non-hydrogen) atoms. The Morgan fingerprint density at radius 3 is 2.78 bits per heavy atom. The minimum absolute atomic E-state index is 0.221. The molecule has 2 aliphatic carbocycles. The van der Waals surface area contributed by atoms with E-state index in [2.05, 4.69) is 73.3 Å². The molecular formula is C21H24OS. The van der Waals surface area contributed by atoms with Crippen LogP contribution in [0.25, 0.3) is 0 Å². The third-order valence-corrected chi connectivity index (χ3v) is 5.89. The van der Waals surface area contributed by atoms with Crippen LogP contribution >= 0.6 is 12.6 Å². The van der Waals surface area contributed by atoms with E-state index in [0.29, 0.717) is 11.2 Å². The van der Waals surface area contributed by atoms with Crippen LogP contribution in [-0.4, -0.2) is 11.4 Å². The lowest BCUT2D eigenvalue weighted by Crippen LogP contribution is -2.45. The molecule has 1 aromatic carbocycles. The summed E-state index contributed by atoms with van der Waals surface area (Å²) in [6.07, 6.45) is 17.0. The quantitative estimate of drug-likeness (QED) is 0.580. The summed E-state index contributed by atoms with van der Waals surface area (Å²) in [6.45, 7) is 0. The first-order valence-corrected chi connectivity index (χ1v) is 9.25. The second-order valence-corrected chi connectivity index (χ2v) is 7.58. The number of hydrogen-bond donors (Lipinski definition) is 1. The zero-order chi connectivity index (χ0) is 15.7. The van der Waals surface area contributed by atoms with Crippen molar-refractivity contribution in [1.82, 2.24) is 0 Å². The van der Waals surface area contributed by atoms with E-state index in [9.17, 15) is 0 Å². The van der Waals surface area contributed by atoms with Crippen molar-refractivity contribution in [3.05, 3.63) is 71.8 Å². The summed E-state index contributed by atoms with van der Waals surface area (Å²) in [7, 11) is 0. The monoisotopic (exact) mass is 324 g/mol. The van der Waals surface area contributed by atoms with Gasteiger partial charge in [0.2, 0.25) is 0 Å². The number of rotatable bonds is 2. The van der Waals surface area contributed by atoms with Gasteiger partial charge in [0.05, 0.1) is 6.10 Å². The molecule has 4 atom stereocenters. The van der Waals surface area contributed by atoms with E-state index < -0.39 is 0 Å². The molecule has 2 unspecified atom stereocenters. The molecule has 1 aliphatic heterocycles. The maximum atomic E-state index is 6.83. The summed E-state index contributed by atoms with van der Waals surface area (Å²) >= 11 is 4.63. The maximum absolute atomic E-state index is 6.83. The highest BCUT2D eigenvalue weighted by molar-refractivity contribution is 7.81. The zero-order valence-corrected chi connectivity index (χ0v) is 14.3. The van der Waals surface area contributed by atoms with Crippen molar-refractivity contribution in [3.8, 4) is 0 Å². The highest BCUT2D eigenvalue weighted by atomic mass is 32.1. The van der Waals surface area contributed by atoms with E-state index in [-0.39, 0.29) is 11.7 Å². The lowest BCUT2D eigenvalue weighted by molar-refractivity contribution is -0.122. The molecule has 1 heterocycles. The fourth-order valence-electron chi connectivity index (χ4n) is 4.30. The van der Waals surface area contributed by atoms with Gasteiger partial charge in [0, 0.05) is 5.25 Å². The van der Waals surface area contributed by atoms with Crippen LogP contribution in [0.5, 0.6) is 0 Å². The molecule has 2 heteroatoms. The molecule has 0 saturated carbocycles. The molecule has 1 aromatic rings. The van der Waals surface area contributed by atoms with Crippen molar-refractivity contribution < 1.29 is 4.74 Å². The Hall–Kier alpha value is -1.25. The second-order valence-electron chi connectivity index (χ2n) is 6.92. The van der Waals surface area contributed by atoms with Gasteiger partial charge in [-0.25, -0.2) is 0 Å². The summed E-state index contributed by atoms with van der Waals surface area (Å²) in [5.41, 5.74) is 2.49. The Bertz CT molecular complexity index is 645. The van der Waals surface area contributed by atoms with E-state index in [1.807, 2.05) is 0 Å². The van der Waals surface area contributed by atoms with E-state index >= 15 is 0 Å². The average Bonchev–Trinajstić information content (AvgIpc) is 2.63. The second kappa shape index (κ2) is 6.33. The van der Waals surface area contributed by atoms with Crippen LogP contribution in [0.1, 0.15) is 37.7 Å². The van der Waals surface area contributed by atoms with E-state index in [1.54, 1.807) is 0 Å². The molecule has 1 saturated heterocycles. The fourth-order valence-corrected chi connectivity index (χ4v) is 4.67. The largest absolute Gasteiger partial charge is 0.358 e. The fraction of sp³-hybridized carbons (Fsp3) is 0.429. The van der Waals surface area contributed by atoms with Crippen LogP contribution in [0.15, 0.2) is 66.3 Å². The molecule has 0 aromatic heterocycles. The van der Waals surface area contributed by atoms with Crippen LogP contribution in [-0.2, 0) is 10.3 Å². The molecule has 1 fully saturated rings. The van der Waals surface area contributed by atoms with Crippen molar-refractivity contribution in [2.75, 3.05) is 0 Å². The molecule has 0 amide bonds. The van der Waals surface area contributed by atoms with Gasteiger partial charge in [-0.1, -0.05) is 60.7 Å². The molecule has 4 rings (SSSR count). The summed E-state index contributed by atoms with van der Waals surface area (Å²) in [4.78, 5) is 0. The topological polar surface area (TPSA) is 9.23 Å². The summed E-state index contributed by atoms with van der Waals surface area (Å²) in [5, 5.41) is 0.390. The van der Waals surface area contributed by atoms with Gasteiger partial charge in [0.25, 0.3) is 0 Å².